The largest absolute Gasteiger partial charge is 0.361 e. The molecule has 2 spiro atoms. The number of epoxide rings is 2. The zero-order chi connectivity index (χ0) is 12.1. The van der Waals surface area contributed by atoms with Crippen molar-refractivity contribution in [2.24, 2.45) is 23.7 Å². The summed E-state index contributed by atoms with van der Waals surface area (Å²) in [6, 6.07) is 0. The molecule has 6 atom stereocenters. The number of allylic oxidation sites excluding steroid dienone is 2. The predicted molar refractivity (Wildman–Crippen MR) is 59.6 cm³/mol. The van der Waals surface area contributed by atoms with Crippen molar-refractivity contribution in [3.8, 4) is 0 Å². The van der Waals surface area contributed by atoms with Gasteiger partial charge in [0.25, 0.3) is 0 Å². The Morgan fingerprint density at radius 3 is 2.44 bits per heavy atom. The lowest BCUT2D eigenvalue weighted by molar-refractivity contribution is -0.142. The molecule has 1 saturated carbocycles. The maximum Gasteiger partial charge on any atom is 0.189 e. The topological polar surface area (TPSA) is 59.2 Å². The van der Waals surface area contributed by atoms with Crippen molar-refractivity contribution >= 4 is 11.6 Å². The van der Waals surface area contributed by atoms with Gasteiger partial charge in [0, 0.05) is 17.8 Å². The first-order chi connectivity index (χ1) is 8.69. The van der Waals surface area contributed by atoms with Gasteiger partial charge in [0.2, 0.25) is 0 Å². The van der Waals surface area contributed by atoms with Gasteiger partial charge in [0.1, 0.15) is 0 Å². The fourth-order valence-corrected chi connectivity index (χ4v) is 4.27. The summed E-state index contributed by atoms with van der Waals surface area (Å²) in [6.45, 7) is 1.01. The Hall–Kier alpha value is -1.26. The van der Waals surface area contributed by atoms with E-state index < -0.39 is 11.2 Å². The van der Waals surface area contributed by atoms with Crippen LogP contribution in [0.25, 0.3) is 0 Å². The van der Waals surface area contributed by atoms with Crippen molar-refractivity contribution in [2.45, 2.75) is 11.2 Å². The van der Waals surface area contributed by atoms with Gasteiger partial charge in [0.05, 0.1) is 13.2 Å². The van der Waals surface area contributed by atoms with E-state index in [1.54, 1.807) is 6.08 Å². The third kappa shape index (κ3) is 0.806. The van der Waals surface area contributed by atoms with E-state index in [4.69, 9.17) is 9.47 Å². The van der Waals surface area contributed by atoms with Crippen molar-refractivity contribution in [1.82, 2.24) is 0 Å². The average Bonchev–Trinajstić information content (AvgIpc) is 3.26. The molecule has 2 bridgehead atoms. The second-order valence-corrected chi connectivity index (χ2v) is 5.98. The molecule has 0 amide bonds. The van der Waals surface area contributed by atoms with Crippen LogP contribution >= 0.6 is 0 Å². The molecule has 4 unspecified atom stereocenters. The fourth-order valence-electron chi connectivity index (χ4n) is 4.27. The zero-order valence-corrected chi connectivity index (χ0v) is 9.67. The average molecular weight is 244 g/mol. The summed E-state index contributed by atoms with van der Waals surface area (Å²) in [7, 11) is 0. The number of rotatable bonds is 0. The fraction of sp³-hybridized carbons (Fsp3) is 0.571. The van der Waals surface area contributed by atoms with Crippen molar-refractivity contribution in [3.63, 3.8) is 0 Å². The lowest BCUT2D eigenvalue weighted by Crippen LogP contribution is -2.60. The molecule has 4 aliphatic carbocycles. The minimum absolute atomic E-state index is 0.0106. The molecular weight excluding hydrogens is 232 g/mol. The number of ether oxygens (including phenoxy) is 2. The van der Waals surface area contributed by atoms with Crippen molar-refractivity contribution in [3.05, 3.63) is 24.3 Å². The summed E-state index contributed by atoms with van der Waals surface area (Å²) < 4.78 is 11.0. The Kier molecular flexibility index (Phi) is 1.36. The Morgan fingerprint density at radius 1 is 1.06 bits per heavy atom. The van der Waals surface area contributed by atoms with E-state index in [-0.39, 0.29) is 35.2 Å². The van der Waals surface area contributed by atoms with E-state index in [9.17, 15) is 9.59 Å². The Labute approximate surface area is 104 Å². The third-order valence-corrected chi connectivity index (χ3v) is 5.34. The molecule has 0 aromatic rings. The minimum Gasteiger partial charge on any atom is -0.361 e. The van der Waals surface area contributed by atoms with Gasteiger partial charge in [-0.05, 0) is 12.0 Å². The van der Waals surface area contributed by atoms with Gasteiger partial charge in [-0.2, -0.15) is 0 Å². The molecular formula is C14H12O4. The van der Waals surface area contributed by atoms with E-state index in [2.05, 4.69) is 6.08 Å². The molecule has 18 heavy (non-hydrogen) atoms. The molecule has 0 N–H and O–H groups in total. The summed E-state index contributed by atoms with van der Waals surface area (Å²) >= 11 is 0. The number of ketones is 2. The van der Waals surface area contributed by atoms with Crippen LogP contribution in [0.15, 0.2) is 24.3 Å². The number of hydrogen-bond donors (Lipinski definition) is 0. The summed E-state index contributed by atoms with van der Waals surface area (Å²) in [4.78, 5) is 24.5. The maximum absolute atomic E-state index is 12.4. The molecule has 4 nitrogen and oxygen atoms in total. The highest BCUT2D eigenvalue weighted by atomic mass is 16.6. The second kappa shape index (κ2) is 2.53. The van der Waals surface area contributed by atoms with Crippen molar-refractivity contribution in [1.29, 1.82) is 0 Å². The highest BCUT2D eigenvalue weighted by Crippen LogP contribution is 2.62. The van der Waals surface area contributed by atoms with Crippen LogP contribution in [0, 0.1) is 23.7 Å². The molecule has 3 fully saturated rings. The lowest BCUT2D eigenvalue weighted by Gasteiger charge is -2.49. The summed E-state index contributed by atoms with van der Waals surface area (Å²) in [5.74, 6) is 0.344. The first-order valence-electron chi connectivity index (χ1n) is 6.42. The SMILES string of the molecule is O=C1C=CC2C([C@@H]3C=C[C@H]2C(=O)C32CO2)C12CO2. The van der Waals surface area contributed by atoms with Gasteiger partial charge in [-0.3, -0.25) is 9.59 Å². The van der Waals surface area contributed by atoms with Crippen LogP contribution in [0.5, 0.6) is 0 Å². The highest BCUT2D eigenvalue weighted by molar-refractivity contribution is 6.03. The summed E-state index contributed by atoms with van der Waals surface area (Å²) in [5, 5.41) is 0. The predicted octanol–water partition coefficient (Wildman–Crippen LogP) is 0.281. The smallest absolute Gasteiger partial charge is 0.189 e. The van der Waals surface area contributed by atoms with Crippen LogP contribution in [0.1, 0.15) is 0 Å². The summed E-state index contributed by atoms with van der Waals surface area (Å²) in [5.41, 5.74) is -1.27. The van der Waals surface area contributed by atoms with Gasteiger partial charge in [-0.25, -0.2) is 0 Å². The zero-order valence-electron chi connectivity index (χ0n) is 9.67. The number of hydrogen-bond acceptors (Lipinski definition) is 4. The quantitative estimate of drug-likeness (QED) is 0.453. The Balaban J connectivity index is 1.72. The second-order valence-electron chi connectivity index (χ2n) is 5.98. The first kappa shape index (κ1) is 9.64. The summed E-state index contributed by atoms with van der Waals surface area (Å²) in [6.07, 6.45) is 7.60. The molecule has 2 heterocycles. The highest BCUT2D eigenvalue weighted by Gasteiger charge is 2.75. The molecule has 6 aliphatic rings. The molecule has 4 heteroatoms. The van der Waals surface area contributed by atoms with Crippen LogP contribution in [-0.4, -0.2) is 36.0 Å². The molecule has 2 aliphatic heterocycles. The van der Waals surface area contributed by atoms with Gasteiger partial charge in [0.15, 0.2) is 22.8 Å². The molecule has 0 aromatic carbocycles. The Morgan fingerprint density at radius 2 is 1.78 bits per heavy atom. The molecule has 6 rings (SSSR count). The van der Waals surface area contributed by atoms with E-state index in [1.807, 2.05) is 12.2 Å². The molecule has 0 radical (unpaired) electrons. The molecule has 2 saturated heterocycles. The monoisotopic (exact) mass is 244 g/mol. The number of carbonyl (C=O) groups excluding carboxylic acids is 2. The van der Waals surface area contributed by atoms with E-state index in [1.165, 1.54) is 0 Å². The van der Waals surface area contributed by atoms with Crippen LogP contribution in [-0.2, 0) is 19.1 Å². The molecule has 92 valence electrons. The van der Waals surface area contributed by atoms with Crippen LogP contribution < -0.4 is 0 Å². The number of carbonyl (C=O) groups is 2. The molecule has 0 aromatic heterocycles. The van der Waals surface area contributed by atoms with E-state index >= 15 is 0 Å². The van der Waals surface area contributed by atoms with E-state index in [0.717, 1.165) is 0 Å². The van der Waals surface area contributed by atoms with Crippen molar-refractivity contribution in [2.75, 3.05) is 13.2 Å². The normalized spacial score (nSPS) is 58.4. The number of Topliss-reactive ketones (excluding diaryl/α,β-unsaturated/α-hetero) is 1. The maximum atomic E-state index is 12.4. The van der Waals surface area contributed by atoms with Crippen LogP contribution in [0.4, 0.5) is 0 Å². The van der Waals surface area contributed by atoms with Crippen LogP contribution in [0.3, 0.4) is 0 Å². The first-order valence-corrected chi connectivity index (χ1v) is 6.42. The van der Waals surface area contributed by atoms with Crippen molar-refractivity contribution < 1.29 is 19.1 Å². The third-order valence-electron chi connectivity index (χ3n) is 5.34. The van der Waals surface area contributed by atoms with Gasteiger partial charge in [-0.15, -0.1) is 0 Å². The van der Waals surface area contributed by atoms with E-state index in [0.29, 0.717) is 13.2 Å². The van der Waals surface area contributed by atoms with Gasteiger partial charge in [-0.1, -0.05) is 18.2 Å². The minimum atomic E-state index is -0.646. The van der Waals surface area contributed by atoms with Crippen LogP contribution in [0.2, 0.25) is 0 Å². The van der Waals surface area contributed by atoms with Gasteiger partial charge < -0.3 is 9.47 Å². The standard InChI is InChI=1S/C14H12O4/c15-10-4-2-7-8-1-3-9(11(7)14(10)6-18-14)13(5-17-13)12(8)16/h1-4,7-9,11H,5-6H2/t7?,8-,9+,11?,13?,14?/m1/s1. The Bertz CT molecular complexity index is 550. The lowest BCUT2D eigenvalue weighted by atomic mass is 9.52. The van der Waals surface area contributed by atoms with Gasteiger partial charge >= 0.3 is 0 Å².